The summed E-state index contributed by atoms with van der Waals surface area (Å²) >= 11 is 6.01. The summed E-state index contributed by atoms with van der Waals surface area (Å²) in [5.41, 5.74) is -0.0530. The van der Waals surface area contributed by atoms with Gasteiger partial charge in [-0.25, -0.2) is 21.6 Å². The number of methoxy groups -OCH3 is 1. The quantitative estimate of drug-likeness (QED) is 0.432. The van der Waals surface area contributed by atoms with Gasteiger partial charge in [-0.15, -0.1) is 0 Å². The van der Waals surface area contributed by atoms with Crippen LogP contribution in [0.5, 0.6) is 5.75 Å². The minimum atomic E-state index is -4.18. The molecule has 0 amide bonds. The Kier molecular flexibility index (Phi) is 6.63. The maximum absolute atomic E-state index is 12.8. The highest BCUT2D eigenvalue weighted by Gasteiger charge is 2.21. The third-order valence-electron chi connectivity index (χ3n) is 4.26. The molecule has 32 heavy (non-hydrogen) atoms. The van der Waals surface area contributed by atoms with Crippen molar-refractivity contribution in [2.45, 2.75) is 9.79 Å². The number of carbonyl (C=O) groups is 1. The van der Waals surface area contributed by atoms with E-state index in [4.69, 9.17) is 21.4 Å². The van der Waals surface area contributed by atoms with Crippen LogP contribution >= 0.6 is 11.6 Å². The van der Waals surface area contributed by atoms with Crippen molar-refractivity contribution in [3.05, 3.63) is 77.3 Å². The van der Waals surface area contributed by atoms with Gasteiger partial charge >= 0.3 is 5.97 Å². The van der Waals surface area contributed by atoms with Crippen molar-refractivity contribution >= 4 is 49.0 Å². The van der Waals surface area contributed by atoms with Gasteiger partial charge < -0.3 is 9.84 Å². The maximum atomic E-state index is 12.8. The van der Waals surface area contributed by atoms with Crippen LogP contribution in [0.2, 0.25) is 5.02 Å². The van der Waals surface area contributed by atoms with Crippen LogP contribution in [0.15, 0.2) is 76.5 Å². The number of para-hydroxylation sites is 1. The van der Waals surface area contributed by atoms with Crippen LogP contribution in [0, 0.1) is 0 Å². The van der Waals surface area contributed by atoms with Crippen molar-refractivity contribution in [3.8, 4) is 5.75 Å². The van der Waals surface area contributed by atoms with E-state index in [1.165, 1.54) is 31.4 Å². The lowest BCUT2D eigenvalue weighted by molar-refractivity contribution is 0.0696. The third-order valence-corrected chi connectivity index (χ3v) is 7.33. The largest absolute Gasteiger partial charge is 0.495 e. The molecule has 3 aromatic carbocycles. The highest BCUT2D eigenvalue weighted by atomic mass is 35.5. The summed E-state index contributed by atoms with van der Waals surface area (Å²) in [5.74, 6) is -1.13. The molecule has 0 radical (unpaired) electrons. The van der Waals surface area contributed by atoms with Gasteiger partial charge in [0.25, 0.3) is 20.0 Å². The lowest BCUT2D eigenvalue weighted by Gasteiger charge is -2.15. The number of halogens is 1. The van der Waals surface area contributed by atoms with Gasteiger partial charge in [-0.2, -0.15) is 0 Å². The van der Waals surface area contributed by atoms with Crippen molar-refractivity contribution in [2.75, 3.05) is 16.6 Å². The lowest BCUT2D eigenvalue weighted by atomic mass is 10.2. The van der Waals surface area contributed by atoms with Gasteiger partial charge in [-0.05, 0) is 54.6 Å². The molecule has 0 aromatic heterocycles. The second kappa shape index (κ2) is 9.07. The Balaban J connectivity index is 1.95. The molecular formula is C20H17ClN2O7S2. The Morgan fingerprint density at radius 3 is 2.00 bits per heavy atom. The molecule has 0 saturated heterocycles. The van der Waals surface area contributed by atoms with E-state index in [0.29, 0.717) is 0 Å². The number of rotatable bonds is 8. The molecule has 0 spiro atoms. The molecule has 0 heterocycles. The topological polar surface area (TPSA) is 139 Å². The van der Waals surface area contributed by atoms with Gasteiger partial charge in [0.15, 0.2) is 0 Å². The van der Waals surface area contributed by atoms with Crippen LogP contribution < -0.4 is 14.2 Å². The SMILES string of the molecule is COc1ccc(S(=O)(=O)Nc2ccccc2Cl)cc1NS(=O)(=O)c1ccc(C(=O)O)cc1. The van der Waals surface area contributed by atoms with Crippen molar-refractivity contribution in [3.63, 3.8) is 0 Å². The molecule has 168 valence electrons. The van der Waals surface area contributed by atoms with Gasteiger partial charge in [0, 0.05) is 0 Å². The molecule has 0 aliphatic carbocycles. The van der Waals surface area contributed by atoms with E-state index in [0.717, 1.165) is 30.3 Å². The number of carboxylic acid groups (broad SMARTS) is 1. The summed E-state index contributed by atoms with van der Waals surface area (Å²) in [6.07, 6.45) is 0. The van der Waals surface area contributed by atoms with E-state index in [1.54, 1.807) is 12.1 Å². The second-order valence-electron chi connectivity index (χ2n) is 6.38. The monoisotopic (exact) mass is 496 g/mol. The smallest absolute Gasteiger partial charge is 0.335 e. The average Bonchev–Trinajstić information content (AvgIpc) is 2.75. The van der Waals surface area contributed by atoms with Crippen LogP contribution in [0.1, 0.15) is 10.4 Å². The molecule has 0 aliphatic heterocycles. The van der Waals surface area contributed by atoms with Gasteiger partial charge in [-0.3, -0.25) is 9.44 Å². The van der Waals surface area contributed by atoms with Crippen LogP contribution in [0.25, 0.3) is 0 Å². The molecule has 0 unspecified atom stereocenters. The summed E-state index contributed by atoms with van der Waals surface area (Å²) in [4.78, 5) is 10.5. The lowest BCUT2D eigenvalue weighted by Crippen LogP contribution is -2.16. The number of benzene rings is 3. The number of ether oxygens (including phenoxy) is 1. The predicted octanol–water partition coefficient (Wildman–Crippen LogP) is 3.65. The Morgan fingerprint density at radius 2 is 1.41 bits per heavy atom. The third kappa shape index (κ3) is 5.13. The normalized spacial score (nSPS) is 11.6. The Hall–Kier alpha value is -3.28. The molecular weight excluding hydrogens is 480 g/mol. The summed E-state index contributed by atoms with van der Waals surface area (Å²) in [7, 11) is -6.99. The number of hydrogen-bond donors (Lipinski definition) is 3. The summed E-state index contributed by atoms with van der Waals surface area (Å²) in [5, 5.41) is 9.15. The molecule has 0 bridgehead atoms. The Bertz CT molecular complexity index is 1370. The number of hydrogen-bond acceptors (Lipinski definition) is 6. The molecule has 0 fully saturated rings. The first-order valence-electron chi connectivity index (χ1n) is 8.85. The summed E-state index contributed by atoms with van der Waals surface area (Å²) < 4.78 is 60.9. The van der Waals surface area contributed by atoms with Crippen LogP contribution in [0.4, 0.5) is 11.4 Å². The van der Waals surface area contributed by atoms with Crippen molar-refractivity contribution in [2.24, 2.45) is 0 Å². The minimum Gasteiger partial charge on any atom is -0.495 e. The fourth-order valence-corrected chi connectivity index (χ4v) is 5.07. The van der Waals surface area contributed by atoms with Crippen LogP contribution in [-0.2, 0) is 20.0 Å². The van der Waals surface area contributed by atoms with Crippen molar-refractivity contribution < 1.29 is 31.5 Å². The van der Waals surface area contributed by atoms with E-state index in [-0.39, 0.29) is 37.5 Å². The fraction of sp³-hybridized carbons (Fsp3) is 0.0500. The first-order valence-corrected chi connectivity index (χ1v) is 12.2. The van der Waals surface area contributed by atoms with E-state index in [2.05, 4.69) is 9.44 Å². The second-order valence-corrected chi connectivity index (χ2v) is 10.2. The molecule has 0 aliphatic rings. The highest BCUT2D eigenvalue weighted by Crippen LogP contribution is 2.31. The standard InChI is InChI=1S/C20H17ClN2O7S2/c1-30-19-11-10-15(32(28,29)22-17-5-3-2-4-16(17)21)12-18(19)23-31(26,27)14-8-6-13(7-9-14)20(24)25/h2-12,22-23H,1H3,(H,24,25). The van der Waals surface area contributed by atoms with Crippen molar-refractivity contribution in [1.29, 1.82) is 0 Å². The van der Waals surface area contributed by atoms with Crippen molar-refractivity contribution in [1.82, 2.24) is 0 Å². The van der Waals surface area contributed by atoms with E-state index >= 15 is 0 Å². The Morgan fingerprint density at radius 1 is 0.844 bits per heavy atom. The number of aromatic carboxylic acids is 1. The number of carboxylic acids is 1. The maximum Gasteiger partial charge on any atom is 0.335 e. The van der Waals surface area contributed by atoms with Gasteiger partial charge in [0.05, 0.1) is 38.9 Å². The molecule has 3 aromatic rings. The first-order chi connectivity index (χ1) is 15.0. The van der Waals surface area contributed by atoms with Gasteiger partial charge in [0.1, 0.15) is 5.75 Å². The van der Waals surface area contributed by atoms with Crippen LogP contribution in [-0.4, -0.2) is 35.0 Å². The van der Waals surface area contributed by atoms with Gasteiger partial charge in [-0.1, -0.05) is 23.7 Å². The van der Waals surface area contributed by atoms with E-state index < -0.39 is 26.0 Å². The zero-order valence-electron chi connectivity index (χ0n) is 16.4. The predicted molar refractivity (Wildman–Crippen MR) is 119 cm³/mol. The molecule has 0 saturated carbocycles. The van der Waals surface area contributed by atoms with E-state index in [1.807, 2.05) is 0 Å². The molecule has 12 heteroatoms. The molecule has 0 atom stereocenters. The average molecular weight is 497 g/mol. The molecule has 3 N–H and O–H groups in total. The number of anilines is 2. The first kappa shape index (κ1) is 23.4. The zero-order valence-corrected chi connectivity index (χ0v) is 18.8. The summed E-state index contributed by atoms with van der Waals surface area (Å²) in [6.45, 7) is 0. The molecule has 3 rings (SSSR count). The van der Waals surface area contributed by atoms with Crippen LogP contribution in [0.3, 0.4) is 0 Å². The minimum absolute atomic E-state index is 0.0763. The number of nitrogens with one attached hydrogen (secondary N) is 2. The highest BCUT2D eigenvalue weighted by molar-refractivity contribution is 7.93. The fourth-order valence-electron chi connectivity index (χ4n) is 2.66. The zero-order chi connectivity index (χ0) is 23.5. The summed E-state index contributed by atoms with van der Waals surface area (Å²) in [6, 6.07) is 14.4. The number of sulfonamides is 2. The Labute approximate surface area is 189 Å². The van der Waals surface area contributed by atoms with Gasteiger partial charge in [0.2, 0.25) is 0 Å². The van der Waals surface area contributed by atoms with E-state index in [9.17, 15) is 21.6 Å². The molecule has 9 nitrogen and oxygen atoms in total.